The number of carbonyl (C=O) groups excluding carboxylic acids is 1. The number of pyridine rings is 1. The van der Waals surface area contributed by atoms with Crippen LogP contribution in [-0.4, -0.2) is 33.4 Å². The first kappa shape index (κ1) is 22.9. The third kappa shape index (κ3) is 3.98. The molecule has 3 aromatic carbocycles. The topological polar surface area (TPSA) is 118 Å². The van der Waals surface area contributed by atoms with E-state index in [9.17, 15) is 15.0 Å². The molecule has 3 N–H and O–H groups in total. The summed E-state index contributed by atoms with van der Waals surface area (Å²) in [6.07, 6.45) is 1.72. The van der Waals surface area contributed by atoms with Gasteiger partial charge in [0.15, 0.2) is 0 Å². The SMILES string of the molecule is COc1ccc(-c2c(-c3cc(-c4ccc(C)c5ncccc45)c(O)cc3O)noc2NC(C)=O)cc1. The van der Waals surface area contributed by atoms with Crippen LogP contribution in [0, 0.1) is 6.92 Å². The number of fused-ring (bicyclic) bond motifs is 1. The number of phenolic OH excluding ortho intramolecular Hbond substituents is 2. The number of aromatic nitrogens is 2. The Labute approximate surface area is 206 Å². The van der Waals surface area contributed by atoms with Crippen LogP contribution in [0.2, 0.25) is 0 Å². The number of aryl methyl sites for hydroxylation is 1. The van der Waals surface area contributed by atoms with Gasteiger partial charge in [-0.05, 0) is 47.9 Å². The Balaban J connectivity index is 1.74. The summed E-state index contributed by atoms with van der Waals surface area (Å²) in [5.74, 6) is 0.181. The largest absolute Gasteiger partial charge is 0.507 e. The highest BCUT2D eigenvalue weighted by Crippen LogP contribution is 2.46. The second kappa shape index (κ2) is 9.07. The average Bonchev–Trinajstić information content (AvgIpc) is 3.27. The molecule has 0 spiro atoms. The molecule has 5 rings (SSSR count). The summed E-state index contributed by atoms with van der Waals surface area (Å²) in [7, 11) is 1.57. The molecule has 0 aliphatic rings. The molecule has 180 valence electrons. The number of rotatable bonds is 5. The Hall–Kier alpha value is -4.85. The molecule has 0 fully saturated rings. The summed E-state index contributed by atoms with van der Waals surface area (Å²) in [5.41, 5.74) is 4.86. The van der Waals surface area contributed by atoms with E-state index in [1.807, 2.05) is 31.2 Å². The van der Waals surface area contributed by atoms with Crippen LogP contribution >= 0.6 is 0 Å². The lowest BCUT2D eigenvalue weighted by molar-refractivity contribution is -0.114. The average molecular weight is 482 g/mol. The number of hydrogen-bond donors (Lipinski definition) is 3. The molecular formula is C28H23N3O5. The number of nitrogens with one attached hydrogen (secondary N) is 1. The normalized spacial score (nSPS) is 11.0. The van der Waals surface area contributed by atoms with E-state index in [-0.39, 0.29) is 23.3 Å². The van der Waals surface area contributed by atoms with Gasteiger partial charge in [-0.1, -0.05) is 35.5 Å². The number of methoxy groups -OCH3 is 1. The number of benzene rings is 3. The maximum absolute atomic E-state index is 11.8. The van der Waals surface area contributed by atoms with Crippen molar-refractivity contribution in [3.05, 3.63) is 72.4 Å². The maximum atomic E-state index is 11.8. The molecule has 0 bridgehead atoms. The van der Waals surface area contributed by atoms with Crippen LogP contribution in [0.4, 0.5) is 5.88 Å². The molecule has 36 heavy (non-hydrogen) atoms. The number of hydrogen-bond acceptors (Lipinski definition) is 7. The fraction of sp³-hybridized carbons (Fsp3) is 0.107. The van der Waals surface area contributed by atoms with Gasteiger partial charge in [0.2, 0.25) is 11.8 Å². The number of nitrogens with zero attached hydrogens (tertiary/aromatic N) is 2. The molecule has 0 radical (unpaired) electrons. The van der Waals surface area contributed by atoms with Crippen molar-refractivity contribution in [3.8, 4) is 50.8 Å². The molecule has 1 amide bonds. The molecule has 0 saturated carbocycles. The predicted octanol–water partition coefficient (Wildman–Crippen LogP) is 5.91. The summed E-state index contributed by atoms with van der Waals surface area (Å²) >= 11 is 0. The fourth-order valence-corrected chi connectivity index (χ4v) is 4.28. The number of phenols is 2. The lowest BCUT2D eigenvalue weighted by Gasteiger charge is -2.13. The van der Waals surface area contributed by atoms with Gasteiger partial charge in [-0.3, -0.25) is 15.1 Å². The third-order valence-corrected chi connectivity index (χ3v) is 5.99. The van der Waals surface area contributed by atoms with Crippen LogP contribution in [0.5, 0.6) is 17.2 Å². The van der Waals surface area contributed by atoms with Gasteiger partial charge in [0.25, 0.3) is 0 Å². The van der Waals surface area contributed by atoms with E-state index in [4.69, 9.17) is 9.26 Å². The van der Waals surface area contributed by atoms with Crippen LogP contribution in [0.15, 0.2) is 71.4 Å². The quantitative estimate of drug-likeness (QED) is 0.286. The molecule has 2 aromatic heterocycles. The number of aromatic hydroxyl groups is 2. The highest BCUT2D eigenvalue weighted by atomic mass is 16.5. The standard InChI is InChI=1S/C28H23N3O5/c1-15-6-11-19(20-5-4-12-29-26(15)20)21-13-22(24(34)14-23(21)33)27-25(28(36-31-27)30-16(2)32)17-7-9-18(35-3)10-8-17/h4-14,33-34H,1-3H3,(H,30,32). The molecule has 0 saturated heterocycles. The molecule has 5 aromatic rings. The summed E-state index contributed by atoms with van der Waals surface area (Å²) < 4.78 is 10.7. The first-order valence-corrected chi connectivity index (χ1v) is 11.2. The Kier molecular flexibility index (Phi) is 5.77. The van der Waals surface area contributed by atoms with Crippen molar-refractivity contribution >= 4 is 22.7 Å². The molecule has 8 heteroatoms. The van der Waals surface area contributed by atoms with Gasteiger partial charge in [0, 0.05) is 35.7 Å². The van der Waals surface area contributed by atoms with Gasteiger partial charge >= 0.3 is 0 Å². The molecule has 0 unspecified atom stereocenters. The number of anilines is 1. The lowest BCUT2D eigenvalue weighted by Crippen LogP contribution is -2.05. The zero-order chi connectivity index (χ0) is 25.4. The van der Waals surface area contributed by atoms with Crippen molar-refractivity contribution in [1.29, 1.82) is 0 Å². The lowest BCUT2D eigenvalue weighted by atomic mass is 9.93. The van der Waals surface area contributed by atoms with Crippen LogP contribution in [0.1, 0.15) is 12.5 Å². The zero-order valence-corrected chi connectivity index (χ0v) is 19.9. The smallest absolute Gasteiger partial charge is 0.239 e. The third-order valence-electron chi connectivity index (χ3n) is 5.99. The van der Waals surface area contributed by atoms with Crippen molar-refractivity contribution < 1.29 is 24.3 Å². The molecule has 8 nitrogen and oxygen atoms in total. The molecular weight excluding hydrogens is 458 g/mol. The highest BCUT2D eigenvalue weighted by Gasteiger charge is 2.24. The summed E-state index contributed by atoms with van der Waals surface area (Å²) in [4.78, 5) is 16.3. The van der Waals surface area contributed by atoms with Gasteiger partial charge in [0.05, 0.1) is 18.2 Å². The first-order valence-electron chi connectivity index (χ1n) is 11.2. The predicted molar refractivity (Wildman–Crippen MR) is 137 cm³/mol. The monoisotopic (exact) mass is 481 g/mol. The van der Waals surface area contributed by atoms with Gasteiger partial charge in [-0.25, -0.2) is 0 Å². The van der Waals surface area contributed by atoms with Crippen LogP contribution < -0.4 is 10.1 Å². The van der Waals surface area contributed by atoms with E-state index in [1.165, 1.54) is 13.0 Å². The van der Waals surface area contributed by atoms with Gasteiger partial charge < -0.3 is 19.5 Å². The van der Waals surface area contributed by atoms with Gasteiger partial charge in [0.1, 0.15) is 22.9 Å². The Bertz CT molecular complexity index is 1610. The van der Waals surface area contributed by atoms with Crippen molar-refractivity contribution in [2.45, 2.75) is 13.8 Å². The first-order chi connectivity index (χ1) is 17.4. The minimum Gasteiger partial charge on any atom is -0.507 e. The molecule has 0 aliphatic carbocycles. The van der Waals surface area contributed by atoms with Gasteiger partial charge in [-0.15, -0.1) is 0 Å². The van der Waals surface area contributed by atoms with E-state index >= 15 is 0 Å². The van der Waals surface area contributed by atoms with E-state index in [0.717, 1.165) is 22.0 Å². The Morgan fingerprint density at radius 3 is 2.44 bits per heavy atom. The van der Waals surface area contributed by atoms with E-state index < -0.39 is 0 Å². The summed E-state index contributed by atoms with van der Waals surface area (Å²) in [6, 6.07) is 17.7. The van der Waals surface area contributed by atoms with Crippen molar-refractivity contribution in [2.24, 2.45) is 0 Å². The summed E-state index contributed by atoms with van der Waals surface area (Å²) in [5, 5.41) is 29.4. The van der Waals surface area contributed by atoms with Crippen LogP contribution in [-0.2, 0) is 4.79 Å². The minimum absolute atomic E-state index is 0.0955. The second-order valence-electron chi connectivity index (χ2n) is 8.36. The van der Waals surface area contributed by atoms with Crippen LogP contribution in [0.3, 0.4) is 0 Å². The van der Waals surface area contributed by atoms with Crippen molar-refractivity contribution in [3.63, 3.8) is 0 Å². The second-order valence-corrected chi connectivity index (χ2v) is 8.36. The van der Waals surface area contributed by atoms with E-state index in [2.05, 4.69) is 15.5 Å². The van der Waals surface area contributed by atoms with Crippen LogP contribution in [0.25, 0.3) is 44.4 Å². The molecule has 0 aliphatic heterocycles. The Morgan fingerprint density at radius 2 is 1.72 bits per heavy atom. The molecule has 2 heterocycles. The van der Waals surface area contributed by atoms with E-state index in [1.54, 1.807) is 43.6 Å². The minimum atomic E-state index is -0.332. The zero-order valence-electron chi connectivity index (χ0n) is 19.9. The maximum Gasteiger partial charge on any atom is 0.239 e. The summed E-state index contributed by atoms with van der Waals surface area (Å²) in [6.45, 7) is 3.34. The number of amides is 1. The van der Waals surface area contributed by atoms with Crippen molar-refractivity contribution in [1.82, 2.24) is 10.1 Å². The highest BCUT2D eigenvalue weighted by molar-refractivity contribution is 6.01. The molecule has 0 atom stereocenters. The Morgan fingerprint density at radius 1 is 0.972 bits per heavy atom. The number of ether oxygens (including phenoxy) is 1. The van der Waals surface area contributed by atoms with Gasteiger partial charge in [-0.2, -0.15) is 0 Å². The fourth-order valence-electron chi connectivity index (χ4n) is 4.28. The van der Waals surface area contributed by atoms with E-state index in [0.29, 0.717) is 33.7 Å². The number of carbonyl (C=O) groups is 1. The van der Waals surface area contributed by atoms with Crippen molar-refractivity contribution in [2.75, 3.05) is 12.4 Å².